The van der Waals surface area contributed by atoms with Gasteiger partial charge >= 0.3 is 0 Å². The van der Waals surface area contributed by atoms with E-state index in [1.807, 2.05) is 0 Å². The van der Waals surface area contributed by atoms with Crippen LogP contribution in [0.4, 0.5) is 5.69 Å². The van der Waals surface area contributed by atoms with Crippen LogP contribution in [0.1, 0.15) is 6.92 Å². The molecule has 1 aromatic heterocycles. The normalized spacial score (nSPS) is 11.8. The molecule has 0 radical (unpaired) electrons. The van der Waals surface area contributed by atoms with E-state index in [0.717, 1.165) is 0 Å². The molecular weight excluding hydrogens is 414 g/mol. The molecule has 0 spiro atoms. The number of aromatic nitrogens is 2. The number of hydrogen-bond donors (Lipinski definition) is 1. The number of anilines is 1. The maximum Gasteiger partial charge on any atom is 0.261 e. The first-order chi connectivity index (χ1) is 13.7. The minimum absolute atomic E-state index is 0.0658. The summed E-state index contributed by atoms with van der Waals surface area (Å²) in [5.41, 5.74) is 1.35. The van der Waals surface area contributed by atoms with Crippen molar-refractivity contribution in [1.29, 1.82) is 0 Å². The summed E-state index contributed by atoms with van der Waals surface area (Å²) in [6.45, 7) is 1.53. The number of sulfonamides is 1. The molecule has 2 aromatic carbocycles. The van der Waals surface area contributed by atoms with Crippen LogP contribution in [0.5, 0.6) is 5.75 Å². The lowest BCUT2D eigenvalue weighted by Gasteiger charge is -2.10. The van der Waals surface area contributed by atoms with Gasteiger partial charge in [-0.25, -0.2) is 16.8 Å². The Balaban J connectivity index is 1.85. The molecule has 0 aliphatic heterocycles. The van der Waals surface area contributed by atoms with Crippen LogP contribution >= 0.6 is 0 Å². The molecule has 1 heterocycles. The van der Waals surface area contributed by atoms with Crippen molar-refractivity contribution < 1.29 is 21.6 Å². The molecule has 0 atom stereocenters. The third-order valence-electron chi connectivity index (χ3n) is 4.12. The number of benzene rings is 2. The summed E-state index contributed by atoms with van der Waals surface area (Å²) < 4.78 is 56.4. The van der Waals surface area contributed by atoms with Crippen molar-refractivity contribution in [2.24, 2.45) is 0 Å². The van der Waals surface area contributed by atoms with Gasteiger partial charge in [-0.1, -0.05) is 19.1 Å². The molecule has 152 valence electrons. The average Bonchev–Trinajstić information content (AvgIpc) is 2.74. The second-order valence-electron chi connectivity index (χ2n) is 6.02. The van der Waals surface area contributed by atoms with E-state index < -0.39 is 19.9 Å². The summed E-state index contributed by atoms with van der Waals surface area (Å²) in [6, 6.07) is 15.5. The molecule has 3 aromatic rings. The summed E-state index contributed by atoms with van der Waals surface area (Å²) >= 11 is 0. The van der Waals surface area contributed by atoms with E-state index in [1.165, 1.54) is 38.3 Å². The van der Waals surface area contributed by atoms with Gasteiger partial charge in [-0.05, 0) is 48.5 Å². The number of nitrogens with zero attached hydrogens (tertiary/aromatic N) is 2. The van der Waals surface area contributed by atoms with E-state index in [1.54, 1.807) is 36.4 Å². The van der Waals surface area contributed by atoms with Gasteiger partial charge in [0.1, 0.15) is 5.75 Å². The lowest BCUT2D eigenvalue weighted by atomic mass is 10.1. The number of sulfone groups is 1. The lowest BCUT2D eigenvalue weighted by Crippen LogP contribution is -2.12. The zero-order valence-electron chi connectivity index (χ0n) is 15.7. The minimum atomic E-state index is -3.79. The first-order valence-corrected chi connectivity index (χ1v) is 11.7. The smallest absolute Gasteiger partial charge is 0.261 e. The molecule has 1 N–H and O–H groups in total. The molecule has 3 rings (SSSR count). The van der Waals surface area contributed by atoms with E-state index in [4.69, 9.17) is 4.74 Å². The summed E-state index contributed by atoms with van der Waals surface area (Å²) in [7, 11) is -5.73. The molecule has 0 saturated carbocycles. The van der Waals surface area contributed by atoms with Gasteiger partial charge in [0.05, 0.1) is 23.5 Å². The molecule has 0 aliphatic rings. The van der Waals surface area contributed by atoms with Crippen molar-refractivity contribution in [3.05, 3.63) is 60.7 Å². The average molecular weight is 434 g/mol. The Morgan fingerprint density at radius 2 is 1.66 bits per heavy atom. The second-order valence-corrected chi connectivity index (χ2v) is 9.93. The van der Waals surface area contributed by atoms with Crippen molar-refractivity contribution in [2.75, 3.05) is 17.6 Å². The van der Waals surface area contributed by atoms with Gasteiger partial charge in [0.2, 0.25) is 0 Å². The summed E-state index contributed by atoms with van der Waals surface area (Å²) in [4.78, 5) is 0.0950. The number of rotatable bonds is 7. The van der Waals surface area contributed by atoms with Crippen LogP contribution in [0.25, 0.3) is 11.3 Å². The van der Waals surface area contributed by atoms with Crippen LogP contribution in [0.3, 0.4) is 0 Å². The van der Waals surface area contributed by atoms with Gasteiger partial charge in [-0.2, -0.15) is 0 Å². The Labute approximate surface area is 169 Å². The minimum Gasteiger partial charge on any atom is -0.497 e. The Morgan fingerprint density at radius 3 is 2.24 bits per heavy atom. The highest BCUT2D eigenvalue weighted by molar-refractivity contribution is 7.92. The summed E-state index contributed by atoms with van der Waals surface area (Å²) in [5, 5.41) is 7.64. The number of ether oxygens (including phenoxy) is 1. The molecule has 10 heteroatoms. The van der Waals surface area contributed by atoms with Crippen LogP contribution in [0.15, 0.2) is 70.6 Å². The Morgan fingerprint density at radius 1 is 0.931 bits per heavy atom. The Hall–Kier alpha value is -2.98. The van der Waals surface area contributed by atoms with Crippen molar-refractivity contribution >= 4 is 25.5 Å². The van der Waals surface area contributed by atoms with Gasteiger partial charge < -0.3 is 4.74 Å². The highest BCUT2D eigenvalue weighted by Crippen LogP contribution is 2.24. The number of methoxy groups -OCH3 is 1. The topological polar surface area (TPSA) is 115 Å². The summed E-state index contributed by atoms with van der Waals surface area (Å²) in [6.07, 6.45) is 0. The van der Waals surface area contributed by atoms with E-state index in [9.17, 15) is 16.8 Å². The van der Waals surface area contributed by atoms with E-state index in [-0.39, 0.29) is 15.7 Å². The predicted molar refractivity (Wildman–Crippen MR) is 109 cm³/mol. The zero-order chi connectivity index (χ0) is 21.1. The molecule has 0 bridgehead atoms. The molecule has 8 nitrogen and oxygen atoms in total. The van der Waals surface area contributed by atoms with Crippen LogP contribution < -0.4 is 9.46 Å². The van der Waals surface area contributed by atoms with Gasteiger partial charge in [-0.3, -0.25) is 4.72 Å². The Kier molecular flexibility index (Phi) is 5.85. The maximum atomic E-state index is 12.6. The quantitative estimate of drug-likeness (QED) is 0.609. The molecule has 0 fully saturated rings. The van der Waals surface area contributed by atoms with Crippen LogP contribution in [0, 0.1) is 0 Å². The molecule has 0 unspecified atom stereocenters. The monoisotopic (exact) mass is 433 g/mol. The molecule has 0 amide bonds. The fourth-order valence-electron chi connectivity index (χ4n) is 2.50. The second kappa shape index (κ2) is 8.18. The van der Waals surface area contributed by atoms with Crippen LogP contribution in [0.2, 0.25) is 0 Å². The van der Waals surface area contributed by atoms with Gasteiger partial charge in [0.15, 0.2) is 14.9 Å². The fourth-order valence-corrected chi connectivity index (χ4v) is 4.28. The third kappa shape index (κ3) is 4.72. The van der Waals surface area contributed by atoms with Crippen molar-refractivity contribution in [2.45, 2.75) is 16.8 Å². The molecule has 29 heavy (non-hydrogen) atoms. The van der Waals surface area contributed by atoms with Crippen molar-refractivity contribution in [1.82, 2.24) is 10.2 Å². The largest absolute Gasteiger partial charge is 0.497 e. The SMILES string of the molecule is CCS(=O)(=O)c1ccc(-c2cccc(NS(=O)(=O)c3ccc(OC)cc3)c2)nn1. The van der Waals surface area contributed by atoms with Gasteiger partial charge in [-0.15, -0.1) is 10.2 Å². The highest BCUT2D eigenvalue weighted by atomic mass is 32.2. The van der Waals surface area contributed by atoms with E-state index in [0.29, 0.717) is 22.7 Å². The lowest BCUT2D eigenvalue weighted by molar-refractivity contribution is 0.414. The maximum absolute atomic E-state index is 12.6. The van der Waals surface area contributed by atoms with Gasteiger partial charge in [0, 0.05) is 11.3 Å². The van der Waals surface area contributed by atoms with Crippen LogP contribution in [-0.2, 0) is 19.9 Å². The van der Waals surface area contributed by atoms with Crippen LogP contribution in [-0.4, -0.2) is 39.9 Å². The fraction of sp³-hybridized carbons (Fsp3) is 0.158. The third-order valence-corrected chi connectivity index (χ3v) is 7.13. The molecule has 0 saturated heterocycles. The first kappa shape index (κ1) is 20.7. The number of nitrogens with one attached hydrogen (secondary N) is 1. The zero-order valence-corrected chi connectivity index (χ0v) is 17.4. The van der Waals surface area contributed by atoms with E-state index >= 15 is 0 Å². The predicted octanol–water partition coefficient (Wildman–Crippen LogP) is 2.75. The summed E-state index contributed by atoms with van der Waals surface area (Å²) in [5.74, 6) is 0.488. The van der Waals surface area contributed by atoms with Gasteiger partial charge in [0.25, 0.3) is 10.0 Å². The van der Waals surface area contributed by atoms with Crippen molar-refractivity contribution in [3.63, 3.8) is 0 Å². The number of hydrogen-bond acceptors (Lipinski definition) is 7. The highest BCUT2D eigenvalue weighted by Gasteiger charge is 2.16. The standard InChI is InChI=1S/C19H19N3O5S2/c1-3-28(23,24)19-12-11-18(20-21-19)14-5-4-6-15(13-14)22-29(25,26)17-9-7-16(27-2)8-10-17/h4-13,22H,3H2,1-2H3. The molecular formula is C19H19N3O5S2. The Bertz CT molecular complexity index is 1210. The molecule has 0 aliphatic carbocycles. The van der Waals surface area contributed by atoms with Crippen molar-refractivity contribution in [3.8, 4) is 17.0 Å². The first-order valence-electron chi connectivity index (χ1n) is 8.59. The van der Waals surface area contributed by atoms with E-state index in [2.05, 4.69) is 14.9 Å².